The Morgan fingerprint density at radius 2 is 1.81 bits per heavy atom. The summed E-state index contributed by atoms with van der Waals surface area (Å²) < 4.78 is 12.4. The summed E-state index contributed by atoms with van der Waals surface area (Å²) >= 11 is 1.34. The highest BCUT2D eigenvalue weighted by Crippen LogP contribution is 2.29. The zero-order valence-electron chi connectivity index (χ0n) is 18.5. The van der Waals surface area contributed by atoms with E-state index >= 15 is 0 Å². The Balaban J connectivity index is 1.72. The average molecular weight is 454 g/mol. The smallest absolute Gasteiger partial charge is 0.262 e. The van der Waals surface area contributed by atoms with Crippen LogP contribution in [-0.2, 0) is 11.3 Å². The molecule has 1 aliphatic rings. The van der Waals surface area contributed by atoms with Gasteiger partial charge in [0, 0.05) is 13.1 Å². The van der Waals surface area contributed by atoms with Crippen LogP contribution in [0.3, 0.4) is 0 Å². The lowest BCUT2D eigenvalue weighted by atomic mass is 10.2. The second-order valence-corrected chi connectivity index (χ2v) is 9.09. The number of fused-ring (bicyclic) bond motifs is 1. The third kappa shape index (κ3) is 4.46. The lowest BCUT2D eigenvalue weighted by molar-refractivity contribution is -0.129. The van der Waals surface area contributed by atoms with Gasteiger partial charge in [0.1, 0.15) is 0 Å². The van der Waals surface area contributed by atoms with Gasteiger partial charge in [0.05, 0.1) is 36.9 Å². The third-order valence-corrected chi connectivity index (χ3v) is 6.74. The van der Waals surface area contributed by atoms with E-state index in [0.717, 1.165) is 31.5 Å². The van der Waals surface area contributed by atoms with E-state index in [1.165, 1.54) is 11.8 Å². The first kappa shape index (κ1) is 22.2. The summed E-state index contributed by atoms with van der Waals surface area (Å²) in [7, 11) is 3.17. The second-order valence-electron chi connectivity index (χ2n) is 7.78. The molecule has 0 radical (unpaired) electrons. The summed E-state index contributed by atoms with van der Waals surface area (Å²) in [6, 6.07) is 12.9. The molecule has 32 heavy (non-hydrogen) atoms. The molecule has 7 nitrogen and oxygen atoms in total. The van der Waals surface area contributed by atoms with Crippen molar-refractivity contribution >= 4 is 28.6 Å². The Bertz CT molecular complexity index is 1190. The molecule has 0 bridgehead atoms. The number of aromatic nitrogens is 2. The van der Waals surface area contributed by atoms with E-state index in [0.29, 0.717) is 34.1 Å². The van der Waals surface area contributed by atoms with Crippen LogP contribution in [-0.4, -0.2) is 52.9 Å². The van der Waals surface area contributed by atoms with Crippen molar-refractivity contribution in [1.29, 1.82) is 0 Å². The summed E-state index contributed by atoms with van der Waals surface area (Å²) in [4.78, 5) is 32.9. The van der Waals surface area contributed by atoms with Gasteiger partial charge in [-0.15, -0.1) is 0 Å². The van der Waals surface area contributed by atoms with Crippen molar-refractivity contribution in [2.45, 2.75) is 36.7 Å². The van der Waals surface area contributed by atoms with Crippen molar-refractivity contribution in [3.8, 4) is 11.5 Å². The van der Waals surface area contributed by atoms with Gasteiger partial charge in [0.2, 0.25) is 5.91 Å². The van der Waals surface area contributed by atoms with Gasteiger partial charge < -0.3 is 14.4 Å². The lowest BCUT2D eigenvalue weighted by Crippen LogP contribution is -2.34. The fraction of sp³-hybridized carbons (Fsp3) is 0.375. The van der Waals surface area contributed by atoms with Gasteiger partial charge in [-0.2, -0.15) is 0 Å². The van der Waals surface area contributed by atoms with Crippen LogP contribution in [0.5, 0.6) is 11.5 Å². The fourth-order valence-electron chi connectivity index (χ4n) is 3.94. The van der Waals surface area contributed by atoms with Gasteiger partial charge in [0.15, 0.2) is 16.7 Å². The zero-order valence-corrected chi connectivity index (χ0v) is 19.4. The number of amides is 1. The summed E-state index contributed by atoms with van der Waals surface area (Å²) in [5.41, 5.74) is 1.38. The molecule has 2 aromatic carbocycles. The van der Waals surface area contributed by atoms with E-state index in [-0.39, 0.29) is 16.7 Å². The summed E-state index contributed by atoms with van der Waals surface area (Å²) in [5.74, 6) is 1.31. The molecule has 2 heterocycles. The molecule has 0 N–H and O–H groups in total. The first-order valence-electron chi connectivity index (χ1n) is 10.7. The molecule has 168 valence electrons. The standard InChI is InChI=1S/C24H27N3O4S/c1-16(22(28)26-12-6-7-13-26)32-24-25-19-9-5-4-8-18(19)23(29)27(24)15-17-10-11-20(30-2)21(14-17)31-3/h4-5,8-11,14,16H,6-7,12-13,15H2,1-3H3. The monoisotopic (exact) mass is 453 g/mol. The molecule has 4 rings (SSSR count). The third-order valence-electron chi connectivity index (χ3n) is 5.66. The Morgan fingerprint density at radius 3 is 2.53 bits per heavy atom. The van der Waals surface area contributed by atoms with Crippen LogP contribution < -0.4 is 15.0 Å². The summed E-state index contributed by atoms with van der Waals surface area (Å²) in [6.07, 6.45) is 2.09. The quantitative estimate of drug-likeness (QED) is 0.402. The molecule has 3 aromatic rings. The predicted octanol–water partition coefficient (Wildman–Crippen LogP) is 3.57. The molecular weight excluding hydrogens is 426 g/mol. The largest absolute Gasteiger partial charge is 0.493 e. The number of hydrogen-bond acceptors (Lipinski definition) is 6. The normalized spacial score (nSPS) is 14.5. The number of ether oxygens (including phenoxy) is 2. The van der Waals surface area contributed by atoms with Gasteiger partial charge >= 0.3 is 0 Å². The molecule has 1 fully saturated rings. The highest BCUT2D eigenvalue weighted by Gasteiger charge is 2.26. The van der Waals surface area contributed by atoms with Gasteiger partial charge in [-0.25, -0.2) is 4.98 Å². The minimum atomic E-state index is -0.335. The molecular formula is C24H27N3O4S. The first-order valence-corrected chi connectivity index (χ1v) is 11.6. The minimum absolute atomic E-state index is 0.0903. The number of likely N-dealkylation sites (tertiary alicyclic amines) is 1. The number of methoxy groups -OCH3 is 2. The SMILES string of the molecule is COc1ccc(Cn2c(SC(C)C(=O)N3CCCC3)nc3ccccc3c2=O)cc1OC. The molecule has 1 aliphatic heterocycles. The molecule has 1 atom stereocenters. The first-order chi connectivity index (χ1) is 15.5. The minimum Gasteiger partial charge on any atom is -0.493 e. The number of carbonyl (C=O) groups is 1. The molecule has 0 aliphatic carbocycles. The number of thioether (sulfide) groups is 1. The van der Waals surface area contributed by atoms with Crippen molar-refractivity contribution in [3.05, 3.63) is 58.4 Å². The van der Waals surface area contributed by atoms with Gasteiger partial charge in [0.25, 0.3) is 5.56 Å². The molecule has 1 saturated heterocycles. The Kier molecular flexibility index (Phi) is 6.69. The molecule has 0 spiro atoms. The Hall–Kier alpha value is -3.00. The molecule has 1 aromatic heterocycles. The number of hydrogen-bond donors (Lipinski definition) is 0. The van der Waals surface area contributed by atoms with Crippen LogP contribution >= 0.6 is 11.8 Å². The van der Waals surface area contributed by atoms with Gasteiger partial charge in [-0.3, -0.25) is 14.2 Å². The van der Waals surface area contributed by atoms with Gasteiger partial charge in [-0.1, -0.05) is 30.0 Å². The van der Waals surface area contributed by atoms with E-state index in [9.17, 15) is 9.59 Å². The number of carbonyl (C=O) groups excluding carboxylic acids is 1. The highest BCUT2D eigenvalue weighted by atomic mass is 32.2. The van der Waals surface area contributed by atoms with E-state index < -0.39 is 0 Å². The Labute approximate surface area is 191 Å². The van der Waals surface area contributed by atoms with E-state index in [2.05, 4.69) is 0 Å². The number of nitrogens with zero attached hydrogens (tertiary/aromatic N) is 3. The number of para-hydroxylation sites is 1. The van der Waals surface area contributed by atoms with Crippen molar-refractivity contribution < 1.29 is 14.3 Å². The van der Waals surface area contributed by atoms with Crippen molar-refractivity contribution in [1.82, 2.24) is 14.5 Å². The van der Waals surface area contributed by atoms with E-state index in [1.807, 2.05) is 48.2 Å². The zero-order chi connectivity index (χ0) is 22.7. The van der Waals surface area contributed by atoms with Crippen LogP contribution in [0.25, 0.3) is 10.9 Å². The van der Waals surface area contributed by atoms with Gasteiger partial charge in [-0.05, 0) is 49.6 Å². The van der Waals surface area contributed by atoms with Crippen molar-refractivity contribution in [2.24, 2.45) is 0 Å². The molecule has 0 saturated carbocycles. The van der Waals surface area contributed by atoms with Crippen molar-refractivity contribution in [2.75, 3.05) is 27.3 Å². The predicted molar refractivity (Wildman–Crippen MR) is 126 cm³/mol. The second kappa shape index (κ2) is 9.65. The Morgan fingerprint density at radius 1 is 1.09 bits per heavy atom. The number of rotatable bonds is 7. The van der Waals surface area contributed by atoms with Crippen LogP contribution in [0, 0.1) is 0 Å². The fourth-order valence-corrected chi connectivity index (χ4v) is 4.93. The van der Waals surface area contributed by atoms with Crippen LogP contribution in [0.4, 0.5) is 0 Å². The topological polar surface area (TPSA) is 73.7 Å². The maximum Gasteiger partial charge on any atom is 0.262 e. The average Bonchev–Trinajstić information content (AvgIpc) is 3.36. The molecule has 8 heteroatoms. The molecule has 1 unspecified atom stereocenters. The van der Waals surface area contributed by atoms with Crippen molar-refractivity contribution in [3.63, 3.8) is 0 Å². The van der Waals surface area contributed by atoms with Crippen LogP contribution in [0.15, 0.2) is 52.4 Å². The summed E-state index contributed by atoms with van der Waals surface area (Å²) in [6.45, 7) is 3.79. The van der Waals surface area contributed by atoms with Crippen LogP contribution in [0.2, 0.25) is 0 Å². The van der Waals surface area contributed by atoms with E-state index in [1.54, 1.807) is 24.9 Å². The highest BCUT2D eigenvalue weighted by molar-refractivity contribution is 8.00. The van der Waals surface area contributed by atoms with Crippen LogP contribution in [0.1, 0.15) is 25.3 Å². The summed E-state index contributed by atoms with van der Waals surface area (Å²) in [5, 5.41) is 0.747. The molecule has 1 amide bonds. The maximum atomic E-state index is 13.4. The number of benzene rings is 2. The lowest BCUT2D eigenvalue weighted by Gasteiger charge is -2.21. The maximum absolute atomic E-state index is 13.4. The van der Waals surface area contributed by atoms with E-state index in [4.69, 9.17) is 14.5 Å².